The molecule has 5 heteroatoms. The minimum Gasteiger partial charge on any atom is -0.495 e. The van der Waals surface area contributed by atoms with Crippen molar-refractivity contribution >= 4 is 27.5 Å². The van der Waals surface area contributed by atoms with Crippen LogP contribution < -0.4 is 15.8 Å². The molecule has 0 saturated heterocycles. The Morgan fingerprint density at radius 3 is 2.71 bits per heavy atom. The second-order valence-corrected chi connectivity index (χ2v) is 3.51. The summed E-state index contributed by atoms with van der Waals surface area (Å²) in [6, 6.07) is 3.24. The molecule has 3 N–H and O–H groups in total. The largest absolute Gasteiger partial charge is 0.495 e. The van der Waals surface area contributed by atoms with Crippen LogP contribution in [0.5, 0.6) is 5.75 Å². The summed E-state index contributed by atoms with van der Waals surface area (Å²) in [5.41, 5.74) is 6.50. The van der Waals surface area contributed by atoms with Crippen molar-refractivity contribution in [2.45, 2.75) is 0 Å². The van der Waals surface area contributed by atoms with E-state index in [4.69, 9.17) is 10.5 Å². The van der Waals surface area contributed by atoms with Gasteiger partial charge in [0, 0.05) is 18.8 Å². The van der Waals surface area contributed by atoms with Crippen LogP contribution in [0.15, 0.2) is 16.6 Å². The lowest BCUT2D eigenvalue weighted by Crippen LogP contribution is -2.19. The van der Waals surface area contributed by atoms with Gasteiger partial charge in [-0.2, -0.15) is 0 Å². The van der Waals surface area contributed by atoms with Gasteiger partial charge in [0.25, 0.3) is 5.91 Å². The minimum absolute atomic E-state index is 0.217. The van der Waals surface area contributed by atoms with Gasteiger partial charge in [-0.25, -0.2) is 0 Å². The van der Waals surface area contributed by atoms with E-state index in [0.29, 0.717) is 21.5 Å². The molecule has 0 saturated carbocycles. The van der Waals surface area contributed by atoms with Gasteiger partial charge in [-0.05, 0) is 22.0 Å². The van der Waals surface area contributed by atoms with Gasteiger partial charge in [0.1, 0.15) is 5.75 Å². The van der Waals surface area contributed by atoms with Crippen molar-refractivity contribution in [1.29, 1.82) is 0 Å². The van der Waals surface area contributed by atoms with Gasteiger partial charge in [0.2, 0.25) is 0 Å². The maximum absolute atomic E-state index is 11.3. The molecule has 0 aliphatic heterocycles. The molecule has 0 heterocycles. The summed E-state index contributed by atoms with van der Waals surface area (Å²) in [5, 5.41) is 2.51. The van der Waals surface area contributed by atoms with E-state index < -0.39 is 0 Å². The van der Waals surface area contributed by atoms with Crippen LogP contribution in [-0.4, -0.2) is 20.1 Å². The van der Waals surface area contributed by atoms with E-state index in [-0.39, 0.29) is 5.91 Å². The molecule has 1 aromatic carbocycles. The maximum Gasteiger partial charge on any atom is 0.253 e. The first-order valence-corrected chi connectivity index (χ1v) is 4.74. The zero-order chi connectivity index (χ0) is 10.7. The van der Waals surface area contributed by atoms with Gasteiger partial charge in [-0.3, -0.25) is 4.79 Å². The number of methoxy groups -OCH3 is 1. The average molecular weight is 259 g/mol. The summed E-state index contributed by atoms with van der Waals surface area (Å²) in [7, 11) is 3.10. The third-order valence-corrected chi connectivity index (χ3v) is 2.42. The highest BCUT2D eigenvalue weighted by Crippen LogP contribution is 2.29. The lowest BCUT2D eigenvalue weighted by molar-refractivity contribution is 0.0964. The van der Waals surface area contributed by atoms with Crippen molar-refractivity contribution in [3.63, 3.8) is 0 Å². The summed E-state index contributed by atoms with van der Waals surface area (Å²) >= 11 is 3.28. The molecule has 1 aromatic rings. The smallest absolute Gasteiger partial charge is 0.253 e. The first-order valence-electron chi connectivity index (χ1n) is 3.95. The van der Waals surface area contributed by atoms with Crippen LogP contribution in [0.1, 0.15) is 10.4 Å². The highest BCUT2D eigenvalue weighted by atomic mass is 79.9. The summed E-state index contributed by atoms with van der Waals surface area (Å²) < 4.78 is 5.74. The third-order valence-electron chi connectivity index (χ3n) is 1.80. The molecule has 0 aliphatic carbocycles. The van der Waals surface area contributed by atoms with Gasteiger partial charge in [-0.15, -0.1) is 0 Å². The normalized spacial score (nSPS) is 9.64. The van der Waals surface area contributed by atoms with Crippen LogP contribution >= 0.6 is 15.9 Å². The second-order valence-electron chi connectivity index (χ2n) is 2.65. The Bertz CT molecular complexity index is 366. The number of nitrogen functional groups attached to an aromatic ring is 1. The number of hydrogen-bond donors (Lipinski definition) is 2. The number of amides is 1. The molecule has 1 amide bonds. The van der Waals surface area contributed by atoms with Crippen molar-refractivity contribution in [2.75, 3.05) is 19.9 Å². The highest BCUT2D eigenvalue weighted by molar-refractivity contribution is 9.10. The fourth-order valence-electron chi connectivity index (χ4n) is 1.06. The molecule has 14 heavy (non-hydrogen) atoms. The van der Waals surface area contributed by atoms with Crippen LogP contribution in [0, 0.1) is 0 Å². The van der Waals surface area contributed by atoms with Gasteiger partial charge < -0.3 is 15.8 Å². The zero-order valence-electron chi connectivity index (χ0n) is 7.93. The van der Waals surface area contributed by atoms with E-state index in [0.717, 1.165) is 0 Å². The molecule has 0 bridgehead atoms. The van der Waals surface area contributed by atoms with E-state index in [1.807, 2.05) is 0 Å². The van der Waals surface area contributed by atoms with Crippen molar-refractivity contribution < 1.29 is 9.53 Å². The molecule has 0 aliphatic rings. The quantitative estimate of drug-likeness (QED) is 0.789. The molecule has 0 aromatic heterocycles. The average Bonchev–Trinajstić information content (AvgIpc) is 2.19. The summed E-state index contributed by atoms with van der Waals surface area (Å²) in [4.78, 5) is 11.3. The number of carbonyl (C=O) groups excluding carboxylic acids is 1. The first-order chi connectivity index (χ1) is 6.60. The number of hydrogen-bond acceptors (Lipinski definition) is 3. The van der Waals surface area contributed by atoms with Gasteiger partial charge in [-0.1, -0.05) is 0 Å². The lowest BCUT2D eigenvalue weighted by atomic mass is 10.1. The number of anilines is 1. The Kier molecular flexibility index (Phi) is 3.35. The molecule has 0 radical (unpaired) electrons. The minimum atomic E-state index is -0.217. The van der Waals surface area contributed by atoms with Crippen LogP contribution in [0.4, 0.5) is 5.69 Å². The van der Waals surface area contributed by atoms with Crippen LogP contribution in [0.2, 0.25) is 0 Å². The predicted molar refractivity (Wildman–Crippen MR) is 58.5 cm³/mol. The van der Waals surface area contributed by atoms with E-state index in [2.05, 4.69) is 21.2 Å². The Labute approximate surface area is 90.6 Å². The number of carbonyl (C=O) groups is 1. The molecule has 4 nitrogen and oxygen atoms in total. The van der Waals surface area contributed by atoms with Crippen molar-refractivity contribution in [3.05, 3.63) is 22.2 Å². The topological polar surface area (TPSA) is 64.3 Å². The number of ether oxygens (including phenoxy) is 1. The van der Waals surface area contributed by atoms with Crippen molar-refractivity contribution in [1.82, 2.24) is 5.32 Å². The summed E-state index contributed by atoms with van der Waals surface area (Å²) in [6.07, 6.45) is 0. The molecule has 76 valence electrons. The zero-order valence-corrected chi connectivity index (χ0v) is 9.51. The van der Waals surface area contributed by atoms with Crippen molar-refractivity contribution in [2.24, 2.45) is 0 Å². The fraction of sp³-hybridized carbons (Fsp3) is 0.222. The Morgan fingerprint density at radius 2 is 2.21 bits per heavy atom. The summed E-state index contributed by atoms with van der Waals surface area (Å²) in [6.45, 7) is 0. The maximum atomic E-state index is 11.3. The molecule has 0 spiro atoms. The molecular weight excluding hydrogens is 248 g/mol. The van der Waals surface area contributed by atoms with E-state index in [1.165, 1.54) is 0 Å². The van der Waals surface area contributed by atoms with E-state index in [9.17, 15) is 4.79 Å². The first kappa shape index (κ1) is 10.8. The Hall–Kier alpha value is -1.23. The predicted octanol–water partition coefficient (Wildman–Crippen LogP) is 1.40. The fourth-order valence-corrected chi connectivity index (χ4v) is 1.56. The molecule has 0 fully saturated rings. The standard InChI is InChI=1S/C9H11BrN2O2/c1-12-9(13)5-3-6(10)8(14-2)4-7(5)11/h3-4H,11H2,1-2H3,(H,12,13). The van der Waals surface area contributed by atoms with E-state index in [1.54, 1.807) is 26.3 Å². The number of halogens is 1. The molecule has 0 atom stereocenters. The third kappa shape index (κ3) is 1.98. The van der Waals surface area contributed by atoms with Gasteiger partial charge in [0.15, 0.2) is 0 Å². The van der Waals surface area contributed by atoms with Crippen LogP contribution in [0.25, 0.3) is 0 Å². The lowest BCUT2D eigenvalue weighted by Gasteiger charge is -2.08. The van der Waals surface area contributed by atoms with Crippen LogP contribution in [-0.2, 0) is 0 Å². The van der Waals surface area contributed by atoms with Gasteiger partial charge >= 0.3 is 0 Å². The monoisotopic (exact) mass is 258 g/mol. The van der Waals surface area contributed by atoms with E-state index >= 15 is 0 Å². The molecular formula is C9H11BrN2O2. The second kappa shape index (κ2) is 4.32. The SMILES string of the molecule is CNC(=O)c1cc(Br)c(OC)cc1N. The van der Waals surface area contributed by atoms with Crippen LogP contribution in [0.3, 0.4) is 0 Å². The highest BCUT2D eigenvalue weighted by Gasteiger charge is 2.11. The van der Waals surface area contributed by atoms with Gasteiger partial charge in [0.05, 0.1) is 17.1 Å². The number of nitrogens with one attached hydrogen (secondary N) is 1. The Morgan fingerprint density at radius 1 is 1.57 bits per heavy atom. The molecule has 0 unspecified atom stereocenters. The number of nitrogens with two attached hydrogens (primary N) is 1. The number of rotatable bonds is 2. The summed E-state index contributed by atoms with van der Waals surface area (Å²) in [5.74, 6) is 0.390. The molecule has 1 rings (SSSR count). The number of benzene rings is 1. The van der Waals surface area contributed by atoms with Crippen molar-refractivity contribution in [3.8, 4) is 5.75 Å². The Balaban J connectivity index is 3.21.